The van der Waals surface area contributed by atoms with Crippen LogP contribution in [0.5, 0.6) is 0 Å². The van der Waals surface area contributed by atoms with Crippen molar-refractivity contribution in [2.75, 3.05) is 0 Å². The van der Waals surface area contributed by atoms with Gasteiger partial charge in [-0.25, -0.2) is 4.98 Å². The molecule has 0 radical (unpaired) electrons. The minimum Gasteiger partial charge on any atom is -0.411 e. The van der Waals surface area contributed by atoms with E-state index >= 15 is 0 Å². The summed E-state index contributed by atoms with van der Waals surface area (Å²) in [6.45, 7) is 0. The molecule has 3 heterocycles. The second-order valence-corrected chi connectivity index (χ2v) is 6.03. The maximum atomic E-state index is 13.0. The zero-order chi connectivity index (χ0) is 17.3. The molecule has 0 aliphatic carbocycles. The van der Waals surface area contributed by atoms with Gasteiger partial charge >= 0.3 is 6.18 Å². The number of hydrogen-bond acceptors (Lipinski definition) is 6. The Morgan fingerprint density at radius 3 is 2.75 bits per heavy atom. The van der Waals surface area contributed by atoms with E-state index in [0.717, 1.165) is 10.2 Å². The van der Waals surface area contributed by atoms with Crippen LogP contribution in [0.3, 0.4) is 0 Å². The second-order valence-electron chi connectivity index (χ2n) is 4.71. The summed E-state index contributed by atoms with van der Waals surface area (Å²) in [6.07, 6.45) is -1.82. The molecule has 0 saturated carbocycles. The molecule has 0 aromatic carbocycles. The zero-order valence-electron chi connectivity index (χ0n) is 12.1. The van der Waals surface area contributed by atoms with Crippen molar-refractivity contribution in [2.45, 2.75) is 17.2 Å². The minimum atomic E-state index is -4.60. The van der Waals surface area contributed by atoms with Crippen LogP contribution in [0.4, 0.5) is 13.2 Å². The molecule has 3 rings (SSSR count). The molecular weight excluding hydrogens is 367 g/mol. The fraction of sp³-hybridized carbons (Fsp3) is 0.231. The smallest absolute Gasteiger partial charge is 0.411 e. The predicted octanol–water partition coefficient (Wildman–Crippen LogP) is 3.83. The van der Waals surface area contributed by atoms with E-state index in [4.69, 9.17) is 16.0 Å². The first-order chi connectivity index (χ1) is 11.3. The van der Waals surface area contributed by atoms with Crippen molar-refractivity contribution in [1.82, 2.24) is 25.0 Å². The molecule has 0 amide bonds. The van der Waals surface area contributed by atoms with Crippen molar-refractivity contribution in [3.8, 4) is 11.5 Å². The Morgan fingerprint density at radius 1 is 1.29 bits per heavy atom. The fourth-order valence-electron chi connectivity index (χ4n) is 1.87. The third kappa shape index (κ3) is 3.70. The Balaban J connectivity index is 1.77. The second kappa shape index (κ2) is 6.44. The molecule has 0 aliphatic rings. The summed E-state index contributed by atoms with van der Waals surface area (Å²) in [5, 5.41) is 11.4. The van der Waals surface area contributed by atoms with E-state index in [1.807, 2.05) is 0 Å². The van der Waals surface area contributed by atoms with Crippen molar-refractivity contribution >= 4 is 23.4 Å². The van der Waals surface area contributed by atoms with Crippen molar-refractivity contribution in [3.05, 3.63) is 40.9 Å². The summed E-state index contributed by atoms with van der Waals surface area (Å²) in [5.41, 5.74) is -0.453. The minimum absolute atomic E-state index is 0.150. The van der Waals surface area contributed by atoms with Crippen LogP contribution in [0.2, 0.25) is 5.15 Å². The van der Waals surface area contributed by atoms with Gasteiger partial charge in [0.05, 0.1) is 5.56 Å². The maximum absolute atomic E-state index is 13.0. The molecule has 0 bridgehead atoms. The highest BCUT2D eigenvalue weighted by Crippen LogP contribution is 2.36. The van der Waals surface area contributed by atoms with Crippen LogP contribution in [0.1, 0.15) is 11.3 Å². The standard InChI is InChI=1S/C13H9ClF3N5OS/c1-22-5-8(10(21-22)13(15,16)17)11-19-20-12(23-11)24-6-7-2-3-9(14)18-4-7/h2-5H,6H2,1H3. The third-order valence-electron chi connectivity index (χ3n) is 2.89. The molecule has 24 heavy (non-hydrogen) atoms. The number of alkyl halides is 3. The Morgan fingerprint density at radius 2 is 2.08 bits per heavy atom. The molecule has 11 heteroatoms. The van der Waals surface area contributed by atoms with E-state index in [1.54, 1.807) is 18.3 Å². The summed E-state index contributed by atoms with van der Waals surface area (Å²) in [4.78, 5) is 3.94. The third-order valence-corrected chi connectivity index (χ3v) is 4.00. The SMILES string of the molecule is Cn1cc(-c2nnc(SCc3ccc(Cl)nc3)o2)c(C(F)(F)F)n1. The van der Waals surface area contributed by atoms with Crippen LogP contribution in [0, 0.1) is 0 Å². The summed E-state index contributed by atoms with van der Waals surface area (Å²) >= 11 is 6.88. The molecular formula is C13H9ClF3N5OS. The number of pyridine rings is 1. The molecule has 0 aliphatic heterocycles. The summed E-state index contributed by atoms with van der Waals surface area (Å²) in [7, 11) is 1.39. The van der Waals surface area contributed by atoms with Gasteiger partial charge in [-0.15, -0.1) is 10.2 Å². The first kappa shape index (κ1) is 16.8. The van der Waals surface area contributed by atoms with Crippen LogP contribution in [0.15, 0.2) is 34.2 Å². The highest BCUT2D eigenvalue weighted by molar-refractivity contribution is 7.98. The van der Waals surface area contributed by atoms with E-state index in [1.165, 1.54) is 25.0 Å². The van der Waals surface area contributed by atoms with Gasteiger partial charge in [-0.05, 0) is 11.6 Å². The van der Waals surface area contributed by atoms with Gasteiger partial charge in [0.15, 0.2) is 5.69 Å². The summed E-state index contributed by atoms with van der Waals surface area (Å²) < 4.78 is 45.3. The molecule has 126 valence electrons. The molecule has 0 saturated heterocycles. The van der Waals surface area contributed by atoms with Crippen molar-refractivity contribution in [3.63, 3.8) is 0 Å². The lowest BCUT2D eigenvalue weighted by atomic mass is 10.2. The fourth-order valence-corrected chi connectivity index (χ4v) is 2.68. The molecule has 0 N–H and O–H groups in total. The topological polar surface area (TPSA) is 69.6 Å². The average Bonchev–Trinajstić information content (AvgIpc) is 3.12. The highest BCUT2D eigenvalue weighted by atomic mass is 35.5. The van der Waals surface area contributed by atoms with E-state index in [2.05, 4.69) is 20.3 Å². The van der Waals surface area contributed by atoms with Crippen LogP contribution in [-0.2, 0) is 19.0 Å². The van der Waals surface area contributed by atoms with Gasteiger partial charge in [0.1, 0.15) is 5.15 Å². The Bertz CT molecular complexity index is 846. The first-order valence-electron chi connectivity index (χ1n) is 6.51. The Labute approximate surface area is 143 Å². The molecule has 3 aromatic heterocycles. The van der Waals surface area contributed by atoms with Gasteiger partial charge in [-0.2, -0.15) is 18.3 Å². The predicted molar refractivity (Wildman–Crippen MR) is 80.3 cm³/mol. The number of thioether (sulfide) groups is 1. The lowest BCUT2D eigenvalue weighted by Gasteiger charge is -2.02. The molecule has 0 fully saturated rings. The van der Waals surface area contributed by atoms with Crippen molar-refractivity contribution < 1.29 is 17.6 Å². The summed E-state index contributed by atoms with van der Waals surface area (Å²) in [5.74, 6) is 0.234. The Hall–Kier alpha value is -2.07. The number of hydrogen-bond donors (Lipinski definition) is 0. The van der Waals surface area contributed by atoms with Crippen LogP contribution < -0.4 is 0 Å². The quantitative estimate of drug-likeness (QED) is 0.510. The van der Waals surface area contributed by atoms with E-state index in [9.17, 15) is 13.2 Å². The Kier molecular flexibility index (Phi) is 4.50. The molecule has 0 unspecified atom stereocenters. The number of halogens is 4. The van der Waals surface area contributed by atoms with Gasteiger partial charge in [-0.3, -0.25) is 4.68 Å². The number of aromatic nitrogens is 5. The van der Waals surface area contributed by atoms with Crippen molar-refractivity contribution in [2.24, 2.45) is 7.05 Å². The summed E-state index contributed by atoms with van der Waals surface area (Å²) in [6, 6.07) is 3.42. The monoisotopic (exact) mass is 375 g/mol. The molecule has 0 spiro atoms. The maximum Gasteiger partial charge on any atom is 0.435 e. The lowest BCUT2D eigenvalue weighted by molar-refractivity contribution is -0.141. The molecule has 6 nitrogen and oxygen atoms in total. The number of nitrogens with zero attached hydrogens (tertiary/aromatic N) is 5. The van der Waals surface area contributed by atoms with Gasteiger partial charge in [0, 0.05) is 25.2 Å². The van der Waals surface area contributed by atoms with Crippen LogP contribution in [0.25, 0.3) is 11.5 Å². The molecule has 3 aromatic rings. The average molecular weight is 376 g/mol. The first-order valence-corrected chi connectivity index (χ1v) is 7.87. The number of aryl methyl sites for hydroxylation is 1. The van der Waals surface area contributed by atoms with E-state index in [-0.39, 0.29) is 16.7 Å². The van der Waals surface area contributed by atoms with Crippen LogP contribution in [-0.4, -0.2) is 25.0 Å². The van der Waals surface area contributed by atoms with E-state index in [0.29, 0.717) is 10.9 Å². The van der Waals surface area contributed by atoms with Gasteiger partial charge in [-0.1, -0.05) is 29.4 Å². The molecule has 0 atom stereocenters. The van der Waals surface area contributed by atoms with E-state index < -0.39 is 11.9 Å². The zero-order valence-corrected chi connectivity index (χ0v) is 13.7. The van der Waals surface area contributed by atoms with Gasteiger partial charge < -0.3 is 4.42 Å². The number of rotatable bonds is 4. The van der Waals surface area contributed by atoms with Crippen LogP contribution >= 0.6 is 23.4 Å². The van der Waals surface area contributed by atoms with Gasteiger partial charge in [0.2, 0.25) is 0 Å². The normalized spacial score (nSPS) is 11.9. The lowest BCUT2D eigenvalue weighted by Crippen LogP contribution is -2.08. The van der Waals surface area contributed by atoms with Crippen molar-refractivity contribution in [1.29, 1.82) is 0 Å². The largest absolute Gasteiger partial charge is 0.435 e. The highest BCUT2D eigenvalue weighted by Gasteiger charge is 2.38. The van der Waals surface area contributed by atoms with Gasteiger partial charge in [0.25, 0.3) is 11.1 Å².